The number of hydrogen-bond donors (Lipinski definition) is 3. The molecule has 0 aromatic rings. The van der Waals surface area contributed by atoms with E-state index in [-0.39, 0.29) is 12.8 Å². The van der Waals surface area contributed by atoms with Gasteiger partial charge in [-0.05, 0) is 51.4 Å². The Balaban J connectivity index is 3.90. The number of allylic oxidation sites excluding steroid dienone is 8. The molecular weight excluding hydrogens is 767 g/mol. The second-order valence-electron chi connectivity index (χ2n) is 15.7. The first-order valence-corrected chi connectivity index (χ1v) is 25.1. The highest BCUT2D eigenvalue weighted by atomic mass is 31.2. The molecule has 10 nitrogen and oxygen atoms in total. The molecule has 0 radical (unpaired) electrons. The summed E-state index contributed by atoms with van der Waals surface area (Å²) in [5.41, 5.74) is 0. The second kappa shape index (κ2) is 44.0. The predicted molar refractivity (Wildman–Crippen MR) is 242 cm³/mol. The van der Waals surface area contributed by atoms with Gasteiger partial charge in [0.1, 0.15) is 12.2 Å². The molecule has 0 aromatic carbocycles. The highest BCUT2D eigenvalue weighted by Crippen LogP contribution is 2.43. The average molecular weight is 855 g/mol. The lowest BCUT2D eigenvalue weighted by Gasteiger charge is -2.20. The van der Waals surface area contributed by atoms with Crippen LogP contribution in [-0.4, -0.2) is 65.7 Å². The van der Waals surface area contributed by atoms with Gasteiger partial charge in [-0.2, -0.15) is 0 Å². The Morgan fingerprint density at radius 3 is 1.15 bits per heavy atom. The van der Waals surface area contributed by atoms with E-state index in [9.17, 15) is 29.3 Å². The number of aliphatic hydroxyl groups is 2. The minimum Gasteiger partial charge on any atom is -0.457 e. The van der Waals surface area contributed by atoms with Crippen molar-refractivity contribution < 1.29 is 47.8 Å². The number of phosphoric acid groups is 1. The van der Waals surface area contributed by atoms with E-state index >= 15 is 0 Å². The molecule has 0 aromatic heterocycles. The smallest absolute Gasteiger partial charge is 0.457 e. The van der Waals surface area contributed by atoms with Crippen LogP contribution in [0, 0.1) is 0 Å². The Hall–Kier alpha value is -2.07. The van der Waals surface area contributed by atoms with E-state index in [2.05, 4.69) is 62.5 Å². The minimum absolute atomic E-state index is 0.164. The molecule has 3 atom stereocenters. The summed E-state index contributed by atoms with van der Waals surface area (Å²) in [5.74, 6) is -1.04. The lowest BCUT2D eigenvalue weighted by Crippen LogP contribution is -2.28. The molecule has 0 fully saturated rings. The van der Waals surface area contributed by atoms with Gasteiger partial charge in [-0.25, -0.2) is 4.57 Å². The first-order chi connectivity index (χ1) is 28.8. The molecule has 0 heterocycles. The van der Waals surface area contributed by atoms with Crippen molar-refractivity contribution in [1.29, 1.82) is 0 Å². The molecule has 59 heavy (non-hydrogen) atoms. The van der Waals surface area contributed by atoms with Gasteiger partial charge in [-0.3, -0.25) is 18.6 Å². The molecule has 0 bridgehead atoms. The largest absolute Gasteiger partial charge is 0.472 e. The number of aliphatic hydroxyl groups excluding tert-OH is 2. The van der Waals surface area contributed by atoms with Gasteiger partial charge in [0.2, 0.25) is 0 Å². The van der Waals surface area contributed by atoms with Crippen LogP contribution in [0.1, 0.15) is 206 Å². The number of hydrogen-bond acceptors (Lipinski definition) is 9. The molecule has 0 amide bonds. The van der Waals surface area contributed by atoms with E-state index in [0.29, 0.717) is 12.8 Å². The zero-order chi connectivity index (χ0) is 43.3. The van der Waals surface area contributed by atoms with Crippen molar-refractivity contribution in [2.75, 3.05) is 26.4 Å². The molecule has 3 unspecified atom stereocenters. The maximum absolute atomic E-state index is 12.4. The Bertz CT molecular complexity index is 1120. The van der Waals surface area contributed by atoms with Crippen molar-refractivity contribution in [3.05, 3.63) is 48.6 Å². The topological polar surface area (TPSA) is 149 Å². The highest BCUT2D eigenvalue weighted by Gasteiger charge is 2.27. The summed E-state index contributed by atoms with van der Waals surface area (Å²) < 4.78 is 32.6. The zero-order valence-corrected chi connectivity index (χ0v) is 38.4. The second-order valence-corrected chi connectivity index (χ2v) is 17.2. The molecule has 0 spiro atoms. The number of carbonyl (C=O) groups is 2. The highest BCUT2D eigenvalue weighted by molar-refractivity contribution is 7.47. The van der Waals surface area contributed by atoms with Crippen molar-refractivity contribution in [2.24, 2.45) is 0 Å². The van der Waals surface area contributed by atoms with E-state index in [1.54, 1.807) is 0 Å². The van der Waals surface area contributed by atoms with Crippen LogP contribution >= 0.6 is 7.82 Å². The molecule has 3 N–H and O–H groups in total. The first-order valence-electron chi connectivity index (χ1n) is 23.6. The van der Waals surface area contributed by atoms with E-state index < -0.39 is 58.4 Å². The minimum atomic E-state index is -4.65. The Morgan fingerprint density at radius 2 is 0.797 bits per heavy atom. The van der Waals surface area contributed by atoms with Gasteiger partial charge in [0.15, 0.2) is 0 Å². The van der Waals surface area contributed by atoms with Gasteiger partial charge in [0.05, 0.1) is 26.4 Å². The predicted octanol–water partition coefficient (Wildman–Crippen LogP) is 12.9. The van der Waals surface area contributed by atoms with Gasteiger partial charge >= 0.3 is 19.8 Å². The summed E-state index contributed by atoms with van der Waals surface area (Å²) >= 11 is 0. The van der Waals surface area contributed by atoms with Crippen molar-refractivity contribution in [3.8, 4) is 0 Å². The molecule has 0 aliphatic heterocycles. The van der Waals surface area contributed by atoms with E-state index in [1.807, 2.05) is 0 Å². The van der Waals surface area contributed by atoms with Gasteiger partial charge < -0.3 is 24.6 Å². The van der Waals surface area contributed by atoms with Crippen molar-refractivity contribution in [1.82, 2.24) is 0 Å². The lowest BCUT2D eigenvalue weighted by molar-refractivity contribution is -0.153. The fourth-order valence-corrected chi connectivity index (χ4v) is 7.24. The maximum atomic E-state index is 12.4. The van der Waals surface area contributed by atoms with Crippen LogP contribution in [-0.2, 0) is 32.7 Å². The van der Waals surface area contributed by atoms with Gasteiger partial charge in [-0.1, -0.05) is 191 Å². The molecule has 0 aliphatic carbocycles. The van der Waals surface area contributed by atoms with Crippen LogP contribution < -0.4 is 0 Å². The summed E-state index contributed by atoms with van der Waals surface area (Å²) in [6.07, 6.45) is 48.0. The monoisotopic (exact) mass is 855 g/mol. The summed E-state index contributed by atoms with van der Waals surface area (Å²) in [5, 5.41) is 19.2. The molecule has 344 valence electrons. The van der Waals surface area contributed by atoms with Crippen LogP contribution in [0.15, 0.2) is 48.6 Å². The summed E-state index contributed by atoms with van der Waals surface area (Å²) in [4.78, 5) is 34.6. The number of phosphoric ester groups is 1. The summed E-state index contributed by atoms with van der Waals surface area (Å²) in [6.45, 7) is 2.09. The van der Waals surface area contributed by atoms with E-state index in [0.717, 1.165) is 70.6 Å². The number of esters is 2. The number of ether oxygens (including phenoxy) is 2. The third-order valence-corrected chi connectivity index (χ3v) is 11.0. The Morgan fingerprint density at radius 1 is 0.475 bits per heavy atom. The molecule has 0 saturated carbocycles. The standard InChI is InChI=1S/C48H87O10P/c1-3-5-7-9-11-13-15-17-19-21-22-24-26-28-30-32-34-36-38-40-48(52)58-46(42-50)44-56-59(53,54)55-43-45(41-49)57-47(51)39-37-35-33-31-29-27-25-23-20-18-16-14-12-10-8-6-4-2/h6,8,12,14,18,20,25,27,45-46,49-50H,3-5,7,9-11,13,15-17,19,21-24,26,28-44H2,1-2H3,(H,53,54)/b8-6-,14-12-,20-18-,27-25-. The van der Waals surface area contributed by atoms with Gasteiger partial charge in [-0.15, -0.1) is 0 Å². The van der Waals surface area contributed by atoms with Crippen molar-refractivity contribution in [3.63, 3.8) is 0 Å². The van der Waals surface area contributed by atoms with Crippen LogP contribution in [0.4, 0.5) is 0 Å². The van der Waals surface area contributed by atoms with Gasteiger partial charge in [0, 0.05) is 12.8 Å². The number of carbonyl (C=O) groups excluding carboxylic acids is 2. The third kappa shape index (κ3) is 42.4. The fourth-order valence-electron chi connectivity index (χ4n) is 6.46. The molecule has 0 saturated heterocycles. The lowest BCUT2D eigenvalue weighted by atomic mass is 10.0. The van der Waals surface area contributed by atoms with E-state index in [4.69, 9.17) is 18.5 Å². The third-order valence-electron chi connectivity index (χ3n) is 10.1. The van der Waals surface area contributed by atoms with Crippen LogP contribution in [0.5, 0.6) is 0 Å². The van der Waals surface area contributed by atoms with Crippen molar-refractivity contribution >= 4 is 19.8 Å². The van der Waals surface area contributed by atoms with Crippen LogP contribution in [0.2, 0.25) is 0 Å². The SMILES string of the molecule is CC/C=C\C/C=C\C/C=C\C/C=C\CCCCCCC(=O)OC(CO)COP(=O)(O)OCC(CO)OC(=O)CCCCCCCCCCCCCCCCCCCCC. The molecule has 0 rings (SSSR count). The van der Waals surface area contributed by atoms with Crippen LogP contribution in [0.25, 0.3) is 0 Å². The fraction of sp³-hybridized carbons (Fsp3) is 0.792. The van der Waals surface area contributed by atoms with Gasteiger partial charge in [0.25, 0.3) is 0 Å². The van der Waals surface area contributed by atoms with E-state index in [1.165, 1.54) is 96.3 Å². The number of unbranched alkanes of at least 4 members (excludes halogenated alkanes) is 22. The van der Waals surface area contributed by atoms with Crippen molar-refractivity contribution in [2.45, 2.75) is 219 Å². The Kier molecular flexibility index (Phi) is 42.5. The zero-order valence-electron chi connectivity index (χ0n) is 37.5. The molecule has 11 heteroatoms. The maximum Gasteiger partial charge on any atom is 0.472 e. The molecular formula is C48H87O10P. The number of rotatable bonds is 44. The average Bonchev–Trinajstić information content (AvgIpc) is 3.22. The Labute approximate surface area is 360 Å². The summed E-state index contributed by atoms with van der Waals surface area (Å²) in [6, 6.07) is 0. The first kappa shape index (κ1) is 56.9. The quantitative estimate of drug-likeness (QED) is 0.0234. The molecule has 0 aliphatic rings. The summed E-state index contributed by atoms with van der Waals surface area (Å²) in [7, 11) is -4.65. The van der Waals surface area contributed by atoms with Crippen LogP contribution in [0.3, 0.4) is 0 Å². The normalized spacial score (nSPS) is 14.2.